The Bertz CT molecular complexity index is 1450. The summed E-state index contributed by atoms with van der Waals surface area (Å²) in [6.07, 6.45) is 1.61. The van der Waals surface area contributed by atoms with Gasteiger partial charge in [-0.15, -0.1) is 23.2 Å². The number of imide groups is 1. The molecule has 0 radical (unpaired) electrons. The number of alkyl halides is 2. The van der Waals surface area contributed by atoms with Gasteiger partial charge in [0.2, 0.25) is 17.7 Å². The smallest absolute Gasteiger partial charge is 0.338 e. The van der Waals surface area contributed by atoms with Crippen molar-refractivity contribution < 1.29 is 23.9 Å². The average molecular weight is 591 g/mol. The van der Waals surface area contributed by atoms with Gasteiger partial charge in [-0.25, -0.2) is 4.79 Å². The number of esters is 1. The summed E-state index contributed by atoms with van der Waals surface area (Å²) in [7, 11) is 0. The zero-order chi connectivity index (χ0) is 28.9. The number of rotatable bonds is 8. The molecule has 0 aromatic heterocycles. The molecule has 7 rings (SSSR count). The maximum atomic E-state index is 13.9. The molecular weight excluding hydrogens is 563 g/mol. The Morgan fingerprint density at radius 2 is 1.32 bits per heavy atom. The van der Waals surface area contributed by atoms with Gasteiger partial charge in [0, 0.05) is 18.7 Å². The fourth-order valence-electron chi connectivity index (χ4n) is 6.46. The second kappa shape index (κ2) is 10.3. The number of carbonyl (C=O) groups excluding carboxylic acids is 4. The highest BCUT2D eigenvalue weighted by Crippen LogP contribution is 2.69. The van der Waals surface area contributed by atoms with Crippen molar-refractivity contribution in [1.82, 2.24) is 4.90 Å². The summed E-state index contributed by atoms with van der Waals surface area (Å²) in [6.45, 7) is 2.26. The lowest BCUT2D eigenvalue weighted by Crippen LogP contribution is -2.57. The van der Waals surface area contributed by atoms with Crippen LogP contribution in [0.3, 0.4) is 0 Å². The number of unbranched alkanes of at least 4 members (excludes halogenated alkanes) is 1. The van der Waals surface area contributed by atoms with Crippen LogP contribution in [-0.2, 0) is 28.9 Å². The first kappa shape index (κ1) is 27.5. The Labute approximate surface area is 247 Å². The molecule has 2 atom stereocenters. The van der Waals surface area contributed by atoms with Crippen LogP contribution in [0, 0.1) is 11.8 Å². The van der Waals surface area contributed by atoms with Gasteiger partial charge >= 0.3 is 5.97 Å². The molecule has 7 nitrogen and oxygen atoms in total. The lowest BCUT2D eigenvalue weighted by Gasteiger charge is -2.54. The molecule has 2 bridgehead atoms. The quantitative estimate of drug-likeness (QED) is 0.160. The van der Waals surface area contributed by atoms with Crippen molar-refractivity contribution in [2.24, 2.45) is 11.8 Å². The number of amides is 3. The van der Waals surface area contributed by atoms with E-state index in [-0.39, 0.29) is 18.9 Å². The standard InChI is InChI=1S/C32H28Cl2N2O5/c1-2-3-18-41-30(40)19-12-14-20(15-13-19)35-25(37)16-17-36-28(38)26-27(29(36)39)32(34)22-9-5-4-8-21(22)31(26,33)23-10-6-7-11-24(23)32/h4-15,26-27H,2-3,16-18H2,1H3,(H,35,37)/t26-,27+,31?,32?. The van der Waals surface area contributed by atoms with Crippen molar-refractivity contribution in [3.05, 3.63) is 101 Å². The van der Waals surface area contributed by atoms with E-state index in [2.05, 4.69) is 5.32 Å². The van der Waals surface area contributed by atoms with Gasteiger partial charge in [-0.05, 0) is 52.9 Å². The SMILES string of the molecule is CCCCOC(=O)c1ccc(NC(=O)CCN2C(=O)[C@@H]3[C@H](C2=O)C2(Cl)c4ccccc4C3(Cl)c3ccccc32)cc1. The van der Waals surface area contributed by atoms with Gasteiger partial charge < -0.3 is 10.1 Å². The topological polar surface area (TPSA) is 92.8 Å². The molecule has 1 aliphatic heterocycles. The van der Waals surface area contributed by atoms with Crippen LogP contribution < -0.4 is 5.32 Å². The molecule has 3 aromatic rings. The van der Waals surface area contributed by atoms with E-state index in [9.17, 15) is 19.2 Å². The van der Waals surface area contributed by atoms with E-state index >= 15 is 0 Å². The molecule has 0 unspecified atom stereocenters. The first-order valence-corrected chi connectivity index (χ1v) is 14.5. The minimum atomic E-state index is -1.25. The molecule has 0 spiro atoms. The lowest BCUT2D eigenvalue weighted by atomic mass is 9.54. The van der Waals surface area contributed by atoms with E-state index in [0.717, 1.165) is 40.0 Å². The molecule has 210 valence electrons. The van der Waals surface area contributed by atoms with Crippen molar-refractivity contribution in [1.29, 1.82) is 0 Å². The molecule has 3 amide bonds. The molecule has 3 aromatic carbocycles. The van der Waals surface area contributed by atoms with E-state index in [1.807, 2.05) is 55.5 Å². The van der Waals surface area contributed by atoms with Crippen molar-refractivity contribution in [3.63, 3.8) is 0 Å². The predicted molar refractivity (Wildman–Crippen MR) is 155 cm³/mol. The van der Waals surface area contributed by atoms with Crippen molar-refractivity contribution in [2.75, 3.05) is 18.5 Å². The first-order valence-electron chi connectivity index (χ1n) is 13.7. The zero-order valence-corrected chi connectivity index (χ0v) is 23.9. The van der Waals surface area contributed by atoms with Crippen LogP contribution in [0.2, 0.25) is 0 Å². The number of hydrogen-bond donors (Lipinski definition) is 1. The molecule has 1 saturated heterocycles. The first-order chi connectivity index (χ1) is 19.7. The highest BCUT2D eigenvalue weighted by Gasteiger charge is 2.72. The van der Waals surface area contributed by atoms with Crippen LogP contribution in [0.4, 0.5) is 5.69 Å². The maximum absolute atomic E-state index is 13.9. The number of benzene rings is 3. The third-order valence-electron chi connectivity index (χ3n) is 8.37. The molecular formula is C32H28Cl2N2O5. The Hall–Kier alpha value is -3.68. The van der Waals surface area contributed by atoms with E-state index in [1.165, 1.54) is 0 Å². The molecule has 1 heterocycles. The van der Waals surface area contributed by atoms with Gasteiger partial charge in [0.05, 0.1) is 24.0 Å². The van der Waals surface area contributed by atoms with E-state index in [4.69, 9.17) is 27.9 Å². The summed E-state index contributed by atoms with van der Waals surface area (Å²) >= 11 is 14.8. The average Bonchev–Trinajstić information content (AvgIpc) is 3.25. The van der Waals surface area contributed by atoms with Crippen LogP contribution in [0.25, 0.3) is 0 Å². The maximum Gasteiger partial charge on any atom is 0.338 e. The van der Waals surface area contributed by atoms with Gasteiger partial charge in [0.25, 0.3) is 0 Å². The normalized spacial score (nSPS) is 25.4. The molecule has 4 aliphatic rings. The summed E-state index contributed by atoms with van der Waals surface area (Å²) in [5.41, 5.74) is 3.79. The molecule has 1 fully saturated rings. The van der Waals surface area contributed by atoms with Crippen LogP contribution in [0.15, 0.2) is 72.8 Å². The number of anilines is 1. The monoisotopic (exact) mass is 590 g/mol. The zero-order valence-electron chi connectivity index (χ0n) is 22.4. The second-order valence-electron chi connectivity index (χ2n) is 10.7. The van der Waals surface area contributed by atoms with Crippen LogP contribution in [-0.4, -0.2) is 41.7 Å². The van der Waals surface area contributed by atoms with E-state index < -0.39 is 39.4 Å². The summed E-state index contributed by atoms with van der Waals surface area (Å²) in [4.78, 5) is 51.3. The van der Waals surface area contributed by atoms with Gasteiger partial charge in [0.15, 0.2) is 0 Å². The number of ether oxygens (including phenoxy) is 1. The van der Waals surface area contributed by atoms with Crippen molar-refractivity contribution in [2.45, 2.75) is 35.9 Å². The lowest BCUT2D eigenvalue weighted by molar-refractivity contribution is -0.140. The number of carbonyl (C=O) groups is 4. The summed E-state index contributed by atoms with van der Waals surface area (Å²) < 4.78 is 5.21. The van der Waals surface area contributed by atoms with E-state index in [0.29, 0.717) is 17.9 Å². The minimum Gasteiger partial charge on any atom is -0.462 e. The largest absolute Gasteiger partial charge is 0.462 e. The fourth-order valence-corrected chi connectivity index (χ4v) is 7.56. The van der Waals surface area contributed by atoms with Crippen LogP contribution in [0.5, 0.6) is 0 Å². The molecule has 0 saturated carbocycles. The Morgan fingerprint density at radius 1 is 0.829 bits per heavy atom. The number of nitrogens with one attached hydrogen (secondary N) is 1. The Morgan fingerprint density at radius 3 is 1.78 bits per heavy atom. The van der Waals surface area contributed by atoms with Gasteiger partial charge in [-0.2, -0.15) is 0 Å². The highest BCUT2D eigenvalue weighted by atomic mass is 35.5. The second-order valence-corrected chi connectivity index (χ2v) is 11.9. The van der Waals surface area contributed by atoms with E-state index in [1.54, 1.807) is 24.3 Å². The number of nitrogens with zero attached hydrogens (tertiary/aromatic N) is 1. The molecule has 1 N–H and O–H groups in total. The minimum absolute atomic E-state index is 0.106. The summed E-state index contributed by atoms with van der Waals surface area (Å²) in [5, 5.41) is 2.76. The van der Waals surface area contributed by atoms with Gasteiger partial charge in [-0.1, -0.05) is 61.9 Å². The molecule has 41 heavy (non-hydrogen) atoms. The van der Waals surface area contributed by atoms with Crippen LogP contribution in [0.1, 0.15) is 58.8 Å². The van der Waals surface area contributed by atoms with Crippen molar-refractivity contribution in [3.8, 4) is 0 Å². The van der Waals surface area contributed by atoms with Crippen LogP contribution >= 0.6 is 23.2 Å². The number of halogens is 2. The Kier molecular flexibility index (Phi) is 6.91. The number of likely N-dealkylation sites (tertiary alicyclic amines) is 1. The summed E-state index contributed by atoms with van der Waals surface area (Å²) in [6, 6.07) is 21.3. The third kappa shape index (κ3) is 4.09. The number of hydrogen-bond acceptors (Lipinski definition) is 5. The molecule has 9 heteroatoms. The third-order valence-corrected chi connectivity index (χ3v) is 9.66. The van der Waals surface area contributed by atoms with Crippen molar-refractivity contribution >= 4 is 52.6 Å². The van der Waals surface area contributed by atoms with Gasteiger partial charge in [0.1, 0.15) is 9.75 Å². The predicted octanol–water partition coefficient (Wildman–Crippen LogP) is 5.57. The summed E-state index contributed by atoms with van der Waals surface area (Å²) in [5.74, 6) is -3.45. The highest BCUT2D eigenvalue weighted by molar-refractivity contribution is 6.36. The van der Waals surface area contributed by atoms with Gasteiger partial charge in [-0.3, -0.25) is 19.3 Å². The molecule has 3 aliphatic carbocycles. The Balaban J connectivity index is 1.19. The fraction of sp³-hybridized carbons (Fsp3) is 0.312.